The first-order chi connectivity index (χ1) is 23.2. The van der Waals surface area contributed by atoms with Crippen LogP contribution in [0.25, 0.3) is 11.1 Å². The van der Waals surface area contributed by atoms with E-state index in [0.717, 1.165) is 58.6 Å². The molecule has 5 atom stereocenters. The molecule has 0 unspecified atom stereocenters. The molecular formula is C39H45N3O6. The number of rotatable bonds is 13. The Kier molecular flexibility index (Phi) is 12.1. The Hall–Kier alpha value is -4.41. The number of esters is 1. The van der Waals surface area contributed by atoms with Gasteiger partial charge < -0.3 is 29.5 Å². The lowest BCUT2D eigenvalue weighted by Gasteiger charge is -2.42. The van der Waals surface area contributed by atoms with E-state index in [0.29, 0.717) is 6.54 Å². The fraction of sp³-hybridized carbons (Fsp3) is 0.359. The van der Waals surface area contributed by atoms with Crippen molar-refractivity contribution >= 4 is 11.9 Å². The minimum absolute atomic E-state index is 0.00400. The summed E-state index contributed by atoms with van der Waals surface area (Å²) in [5, 5.41) is 12.4. The lowest BCUT2D eigenvalue weighted by atomic mass is 9.90. The molecule has 0 aliphatic carbocycles. The maximum absolute atomic E-state index is 12.3. The van der Waals surface area contributed by atoms with E-state index in [9.17, 15) is 14.7 Å². The summed E-state index contributed by atoms with van der Waals surface area (Å²) < 4.78 is 18.3. The largest absolute Gasteiger partial charge is 0.453 e. The average Bonchev–Trinajstić information content (AvgIpc) is 3.11. The lowest BCUT2D eigenvalue weighted by molar-refractivity contribution is -0.275. The predicted molar refractivity (Wildman–Crippen MR) is 183 cm³/mol. The molecule has 1 aromatic heterocycles. The second-order valence-corrected chi connectivity index (χ2v) is 12.4. The van der Waals surface area contributed by atoms with E-state index >= 15 is 0 Å². The lowest BCUT2D eigenvalue weighted by Crippen LogP contribution is -2.43. The summed E-state index contributed by atoms with van der Waals surface area (Å²) in [7, 11) is 2.11. The van der Waals surface area contributed by atoms with E-state index in [4.69, 9.17) is 14.2 Å². The van der Waals surface area contributed by atoms with Gasteiger partial charge in [0, 0.05) is 56.4 Å². The first kappa shape index (κ1) is 34.9. The monoisotopic (exact) mass is 651 g/mol. The van der Waals surface area contributed by atoms with Crippen molar-refractivity contribution in [2.75, 3.05) is 20.1 Å². The fourth-order valence-electron chi connectivity index (χ4n) is 5.91. The van der Waals surface area contributed by atoms with Gasteiger partial charge in [-0.2, -0.15) is 0 Å². The zero-order valence-electron chi connectivity index (χ0n) is 28.0. The molecule has 4 aromatic rings. The smallest absolute Gasteiger partial charge is 0.303 e. The minimum Gasteiger partial charge on any atom is -0.453 e. The standard InChI is InChI=1S/C39H45N3O6/c1-26-36(24-42(4)21-19-35-10-5-6-20-40-35)47-39(48-37(26)32-13-11-29(25-43)12-14-32)33-17-15-31(16-18-33)34-9-7-8-30(22-34)23-41-38(45)27(2)46-28(3)44/h5-18,20,22,26-27,36-37,39,43H,19,21,23-25H2,1-4H3,(H,41,45)/t26-,27-,36+,37+,39+/m0/s1. The molecule has 0 radical (unpaired) electrons. The van der Waals surface area contributed by atoms with Gasteiger partial charge in [-0.15, -0.1) is 0 Å². The zero-order chi connectivity index (χ0) is 34.0. The number of aliphatic hydroxyl groups is 1. The first-order valence-corrected chi connectivity index (χ1v) is 16.4. The molecule has 0 spiro atoms. The van der Waals surface area contributed by atoms with Crippen LogP contribution < -0.4 is 5.32 Å². The van der Waals surface area contributed by atoms with Crippen LogP contribution in [0.4, 0.5) is 0 Å². The van der Waals surface area contributed by atoms with Crippen LogP contribution in [0.1, 0.15) is 61.1 Å². The van der Waals surface area contributed by atoms with E-state index in [-0.39, 0.29) is 30.6 Å². The van der Waals surface area contributed by atoms with E-state index in [1.165, 1.54) is 6.92 Å². The van der Waals surface area contributed by atoms with Gasteiger partial charge in [0.15, 0.2) is 12.4 Å². The topological polar surface area (TPSA) is 110 Å². The highest BCUT2D eigenvalue weighted by Gasteiger charge is 2.38. The van der Waals surface area contributed by atoms with E-state index in [1.54, 1.807) is 6.92 Å². The third-order valence-electron chi connectivity index (χ3n) is 8.71. The zero-order valence-corrected chi connectivity index (χ0v) is 28.0. The Morgan fingerprint density at radius 3 is 2.38 bits per heavy atom. The molecule has 48 heavy (non-hydrogen) atoms. The Balaban J connectivity index is 1.29. The molecule has 1 aliphatic heterocycles. The number of hydrogen-bond donors (Lipinski definition) is 2. The summed E-state index contributed by atoms with van der Waals surface area (Å²) in [6.45, 7) is 6.91. The van der Waals surface area contributed by atoms with Crippen molar-refractivity contribution in [1.29, 1.82) is 0 Å². The predicted octanol–water partition coefficient (Wildman–Crippen LogP) is 5.77. The number of aliphatic hydroxyl groups excluding tert-OH is 1. The maximum Gasteiger partial charge on any atom is 0.303 e. The number of likely N-dealkylation sites (N-methyl/N-ethyl adjacent to an activating group) is 1. The average molecular weight is 652 g/mol. The van der Waals surface area contributed by atoms with Gasteiger partial charge in [-0.25, -0.2) is 0 Å². The molecule has 0 bridgehead atoms. The first-order valence-electron chi connectivity index (χ1n) is 16.4. The SMILES string of the molecule is CC(=O)O[C@@H](C)C(=O)NCc1cccc(-c2ccc([C@@H]3O[C@H](CN(C)CCc4ccccn4)[C@H](C)[C@H](c4ccc(CO)cc4)O3)cc2)c1. The number of nitrogens with one attached hydrogen (secondary N) is 1. The van der Waals surface area contributed by atoms with Crippen LogP contribution in [0.2, 0.25) is 0 Å². The summed E-state index contributed by atoms with van der Waals surface area (Å²) in [5.74, 6) is -0.756. The number of ether oxygens (including phenoxy) is 3. The fourth-order valence-corrected chi connectivity index (χ4v) is 5.91. The summed E-state index contributed by atoms with van der Waals surface area (Å²) >= 11 is 0. The highest BCUT2D eigenvalue weighted by atomic mass is 16.7. The molecule has 1 amide bonds. The Morgan fingerprint density at radius 2 is 1.69 bits per heavy atom. The number of aromatic nitrogens is 1. The van der Waals surface area contributed by atoms with Crippen molar-refractivity contribution in [3.05, 3.63) is 125 Å². The highest BCUT2D eigenvalue weighted by Crippen LogP contribution is 2.42. The number of hydrogen-bond acceptors (Lipinski definition) is 8. The number of nitrogens with zero attached hydrogens (tertiary/aromatic N) is 2. The summed E-state index contributed by atoms with van der Waals surface area (Å²) in [6, 6.07) is 30.1. The molecule has 9 nitrogen and oxygen atoms in total. The minimum atomic E-state index is -0.850. The molecule has 3 aromatic carbocycles. The third-order valence-corrected chi connectivity index (χ3v) is 8.71. The number of benzene rings is 3. The van der Waals surface area contributed by atoms with Crippen LogP contribution in [0.15, 0.2) is 97.2 Å². The number of carbonyl (C=O) groups excluding carboxylic acids is 2. The molecule has 2 heterocycles. The molecular weight excluding hydrogens is 606 g/mol. The van der Waals surface area contributed by atoms with Crippen LogP contribution in [0.5, 0.6) is 0 Å². The van der Waals surface area contributed by atoms with Gasteiger partial charge in [-0.3, -0.25) is 14.6 Å². The third kappa shape index (κ3) is 9.35. The molecule has 0 saturated carbocycles. The van der Waals surface area contributed by atoms with Gasteiger partial charge in [-0.05, 0) is 60.0 Å². The van der Waals surface area contributed by atoms with Crippen molar-refractivity contribution in [1.82, 2.24) is 15.2 Å². The molecule has 1 aliphatic rings. The van der Waals surface area contributed by atoms with Crippen LogP contribution in [-0.2, 0) is 43.4 Å². The summed E-state index contributed by atoms with van der Waals surface area (Å²) in [6.07, 6.45) is 0.987. The van der Waals surface area contributed by atoms with Gasteiger partial charge in [0.05, 0.1) is 18.8 Å². The van der Waals surface area contributed by atoms with Crippen molar-refractivity contribution in [2.45, 2.75) is 64.9 Å². The molecule has 5 rings (SSSR count). The van der Waals surface area contributed by atoms with Gasteiger partial charge in [-0.1, -0.05) is 79.7 Å². The van der Waals surface area contributed by atoms with Crippen LogP contribution in [-0.4, -0.2) is 59.2 Å². The van der Waals surface area contributed by atoms with Crippen molar-refractivity contribution in [2.24, 2.45) is 5.92 Å². The van der Waals surface area contributed by atoms with Crippen LogP contribution in [0.3, 0.4) is 0 Å². The number of pyridine rings is 1. The van der Waals surface area contributed by atoms with Crippen molar-refractivity contribution in [3.63, 3.8) is 0 Å². The van der Waals surface area contributed by atoms with Gasteiger partial charge in [0.2, 0.25) is 0 Å². The Morgan fingerprint density at radius 1 is 0.938 bits per heavy atom. The van der Waals surface area contributed by atoms with Gasteiger partial charge in [0.25, 0.3) is 5.91 Å². The molecule has 1 fully saturated rings. The van der Waals surface area contributed by atoms with Crippen molar-refractivity contribution in [3.8, 4) is 11.1 Å². The maximum atomic E-state index is 12.3. The second-order valence-electron chi connectivity index (χ2n) is 12.4. The normalized spacial score (nSPS) is 19.9. The summed E-state index contributed by atoms with van der Waals surface area (Å²) in [4.78, 5) is 30.2. The molecule has 2 N–H and O–H groups in total. The van der Waals surface area contributed by atoms with Crippen molar-refractivity contribution < 1.29 is 28.9 Å². The Labute approximate surface area is 282 Å². The quantitative estimate of drug-likeness (QED) is 0.175. The van der Waals surface area contributed by atoms with E-state index < -0.39 is 18.4 Å². The van der Waals surface area contributed by atoms with Crippen LogP contribution >= 0.6 is 0 Å². The van der Waals surface area contributed by atoms with Crippen LogP contribution in [0, 0.1) is 5.92 Å². The van der Waals surface area contributed by atoms with E-state index in [1.807, 2.05) is 79.0 Å². The highest BCUT2D eigenvalue weighted by molar-refractivity contribution is 5.82. The second kappa shape index (κ2) is 16.6. The van der Waals surface area contributed by atoms with Gasteiger partial charge in [0.1, 0.15) is 0 Å². The number of carbonyl (C=O) groups is 2. The molecule has 252 valence electrons. The van der Waals surface area contributed by atoms with Gasteiger partial charge >= 0.3 is 5.97 Å². The number of amides is 1. The Bertz CT molecular complexity index is 1630. The van der Waals surface area contributed by atoms with E-state index in [2.05, 4.69) is 47.4 Å². The summed E-state index contributed by atoms with van der Waals surface area (Å²) in [5.41, 5.74) is 6.86. The molecule has 9 heteroatoms. The molecule has 1 saturated heterocycles.